The molecule has 4 N–H and O–H groups in total. The fraction of sp³-hybridized carbons (Fsp3) is 0.400. The zero-order chi connectivity index (χ0) is 18.4. The van der Waals surface area contributed by atoms with E-state index in [1.807, 2.05) is 24.3 Å². The van der Waals surface area contributed by atoms with E-state index in [2.05, 4.69) is 18.7 Å². The molecule has 0 heterocycles. The number of carbonyl (C=O) groups excluding carboxylic acids is 2. The Hall–Kier alpha value is -2.56. The lowest BCUT2D eigenvalue weighted by molar-refractivity contribution is -0.114. The number of unbranched alkanes of at least 4 members (excludes halogenated alkanes) is 2. The summed E-state index contributed by atoms with van der Waals surface area (Å²) < 4.78 is 0. The van der Waals surface area contributed by atoms with E-state index in [4.69, 9.17) is 11.5 Å². The van der Waals surface area contributed by atoms with Crippen molar-refractivity contribution in [2.24, 2.45) is 11.5 Å². The van der Waals surface area contributed by atoms with Crippen LogP contribution in [0.25, 0.3) is 5.57 Å². The number of nitrogens with two attached hydrogens (primary N) is 2. The number of ketones is 2. The summed E-state index contributed by atoms with van der Waals surface area (Å²) >= 11 is 0. The van der Waals surface area contributed by atoms with Gasteiger partial charge in [-0.15, -0.1) is 0 Å². The SMILES string of the molecule is CCCCN(CCCC)c1ccc(C2=CC(=O)C(N)=C(N)C2=O)cc1. The van der Waals surface area contributed by atoms with Crippen LogP contribution in [0.4, 0.5) is 5.69 Å². The Morgan fingerprint density at radius 3 is 1.96 bits per heavy atom. The van der Waals surface area contributed by atoms with Gasteiger partial charge in [0.05, 0.1) is 0 Å². The first-order valence-corrected chi connectivity index (χ1v) is 8.90. The molecule has 0 spiro atoms. The van der Waals surface area contributed by atoms with Crippen molar-refractivity contribution in [1.82, 2.24) is 0 Å². The summed E-state index contributed by atoms with van der Waals surface area (Å²) in [5.41, 5.74) is 13.0. The van der Waals surface area contributed by atoms with E-state index < -0.39 is 11.6 Å². The van der Waals surface area contributed by atoms with Gasteiger partial charge in [-0.1, -0.05) is 38.8 Å². The van der Waals surface area contributed by atoms with Gasteiger partial charge in [0, 0.05) is 24.4 Å². The maximum atomic E-state index is 12.3. The predicted molar refractivity (Wildman–Crippen MR) is 102 cm³/mol. The summed E-state index contributed by atoms with van der Waals surface area (Å²) in [7, 11) is 0. The Bertz CT molecular complexity index is 694. The van der Waals surface area contributed by atoms with Crippen molar-refractivity contribution in [1.29, 1.82) is 0 Å². The summed E-state index contributed by atoms with van der Waals surface area (Å²) in [6.07, 6.45) is 5.86. The highest BCUT2D eigenvalue weighted by molar-refractivity contribution is 6.36. The van der Waals surface area contributed by atoms with Crippen molar-refractivity contribution < 1.29 is 9.59 Å². The van der Waals surface area contributed by atoms with Crippen LogP contribution in [0.2, 0.25) is 0 Å². The summed E-state index contributed by atoms with van der Waals surface area (Å²) in [5.74, 6) is -0.803. The number of allylic oxidation sites excluding steroid dienone is 2. The van der Waals surface area contributed by atoms with E-state index in [0.717, 1.165) is 44.5 Å². The Kier molecular flexibility index (Phi) is 6.39. The molecule has 1 aliphatic carbocycles. The number of Topliss-reactive ketones (excluding diaryl/α,β-unsaturated/α-hetero) is 1. The third-order valence-corrected chi connectivity index (χ3v) is 4.43. The topological polar surface area (TPSA) is 89.4 Å². The lowest BCUT2D eigenvalue weighted by Crippen LogP contribution is -2.28. The molecular formula is C20H27N3O2. The Morgan fingerprint density at radius 1 is 0.880 bits per heavy atom. The van der Waals surface area contributed by atoms with Crippen LogP contribution in [0.3, 0.4) is 0 Å². The average Bonchev–Trinajstić information content (AvgIpc) is 2.63. The standard InChI is InChI=1S/C20H27N3O2/c1-3-5-11-23(12-6-4-2)15-9-7-14(8-10-15)16-13-17(24)18(21)19(22)20(16)25/h7-10,13H,3-6,11-12,21-22H2,1-2H3. The van der Waals surface area contributed by atoms with Gasteiger partial charge in [-0.05, 0) is 36.6 Å². The van der Waals surface area contributed by atoms with Gasteiger partial charge in [-0.25, -0.2) is 0 Å². The van der Waals surface area contributed by atoms with Gasteiger partial charge in [0.25, 0.3) is 0 Å². The second-order valence-corrected chi connectivity index (χ2v) is 6.32. The van der Waals surface area contributed by atoms with Crippen LogP contribution in [-0.4, -0.2) is 24.7 Å². The van der Waals surface area contributed by atoms with E-state index in [1.54, 1.807) is 0 Å². The number of rotatable bonds is 8. The zero-order valence-electron chi connectivity index (χ0n) is 15.0. The summed E-state index contributed by atoms with van der Waals surface area (Å²) in [6.45, 7) is 6.40. The quantitative estimate of drug-likeness (QED) is 0.710. The van der Waals surface area contributed by atoms with E-state index in [9.17, 15) is 9.59 Å². The smallest absolute Gasteiger partial charge is 0.211 e. The van der Waals surface area contributed by atoms with Crippen LogP contribution in [0.15, 0.2) is 41.7 Å². The molecule has 1 aromatic rings. The van der Waals surface area contributed by atoms with Crippen LogP contribution >= 0.6 is 0 Å². The molecule has 25 heavy (non-hydrogen) atoms. The van der Waals surface area contributed by atoms with Gasteiger partial charge in [0.15, 0.2) is 0 Å². The molecule has 0 aliphatic heterocycles. The highest BCUT2D eigenvalue weighted by Crippen LogP contribution is 2.25. The fourth-order valence-electron chi connectivity index (χ4n) is 2.81. The molecule has 0 aromatic heterocycles. The Balaban J connectivity index is 2.22. The maximum Gasteiger partial charge on any atom is 0.211 e. The molecule has 0 atom stereocenters. The first kappa shape index (κ1) is 18.8. The molecule has 2 rings (SSSR count). The van der Waals surface area contributed by atoms with Crippen LogP contribution in [0.5, 0.6) is 0 Å². The number of nitrogens with zero attached hydrogens (tertiary/aromatic N) is 1. The van der Waals surface area contributed by atoms with Crippen molar-refractivity contribution in [2.45, 2.75) is 39.5 Å². The van der Waals surface area contributed by atoms with E-state index in [0.29, 0.717) is 11.1 Å². The number of benzene rings is 1. The number of carbonyl (C=O) groups is 2. The number of anilines is 1. The summed E-state index contributed by atoms with van der Waals surface area (Å²) in [5, 5.41) is 0. The normalized spacial score (nSPS) is 14.7. The number of hydrogen-bond donors (Lipinski definition) is 2. The largest absolute Gasteiger partial charge is 0.394 e. The molecule has 0 amide bonds. The van der Waals surface area contributed by atoms with Crippen LogP contribution < -0.4 is 16.4 Å². The van der Waals surface area contributed by atoms with Gasteiger partial charge in [-0.2, -0.15) is 0 Å². The van der Waals surface area contributed by atoms with E-state index in [1.165, 1.54) is 6.08 Å². The highest BCUT2D eigenvalue weighted by Gasteiger charge is 2.25. The van der Waals surface area contributed by atoms with Crippen molar-refractivity contribution >= 4 is 22.8 Å². The fourth-order valence-corrected chi connectivity index (χ4v) is 2.81. The molecule has 0 fully saturated rings. The lowest BCUT2D eigenvalue weighted by Gasteiger charge is -2.25. The van der Waals surface area contributed by atoms with E-state index in [-0.39, 0.29) is 11.4 Å². The minimum Gasteiger partial charge on any atom is -0.394 e. The first-order valence-electron chi connectivity index (χ1n) is 8.90. The minimum absolute atomic E-state index is 0.168. The molecule has 0 saturated heterocycles. The molecule has 0 radical (unpaired) electrons. The summed E-state index contributed by atoms with van der Waals surface area (Å²) in [4.78, 5) is 26.5. The monoisotopic (exact) mass is 341 g/mol. The van der Waals surface area contributed by atoms with Crippen LogP contribution in [0, 0.1) is 0 Å². The van der Waals surface area contributed by atoms with Crippen LogP contribution in [0.1, 0.15) is 45.1 Å². The molecule has 0 saturated carbocycles. The molecule has 0 bridgehead atoms. The number of hydrogen-bond acceptors (Lipinski definition) is 5. The van der Waals surface area contributed by atoms with Crippen molar-refractivity contribution in [3.05, 3.63) is 47.3 Å². The predicted octanol–water partition coefficient (Wildman–Crippen LogP) is 2.76. The van der Waals surface area contributed by atoms with Gasteiger partial charge >= 0.3 is 0 Å². The van der Waals surface area contributed by atoms with E-state index >= 15 is 0 Å². The highest BCUT2D eigenvalue weighted by atomic mass is 16.1. The molecule has 5 heteroatoms. The summed E-state index contributed by atoms with van der Waals surface area (Å²) in [6, 6.07) is 7.73. The molecule has 1 aromatic carbocycles. The van der Waals surface area contributed by atoms with Gasteiger partial charge in [0.1, 0.15) is 11.4 Å². The van der Waals surface area contributed by atoms with Crippen LogP contribution in [-0.2, 0) is 9.59 Å². The Labute approximate surface area is 149 Å². The molecule has 0 unspecified atom stereocenters. The van der Waals surface area contributed by atoms with Crippen molar-refractivity contribution in [3.8, 4) is 0 Å². The molecule has 1 aliphatic rings. The van der Waals surface area contributed by atoms with Crippen molar-refractivity contribution in [2.75, 3.05) is 18.0 Å². The second-order valence-electron chi connectivity index (χ2n) is 6.32. The van der Waals surface area contributed by atoms with Gasteiger partial charge < -0.3 is 16.4 Å². The molecule has 134 valence electrons. The zero-order valence-corrected chi connectivity index (χ0v) is 15.0. The Morgan fingerprint density at radius 2 is 1.44 bits per heavy atom. The van der Waals surface area contributed by atoms with Gasteiger partial charge in [-0.3, -0.25) is 9.59 Å². The second kappa shape index (κ2) is 8.51. The maximum absolute atomic E-state index is 12.3. The minimum atomic E-state index is -0.413. The third-order valence-electron chi connectivity index (χ3n) is 4.43. The lowest BCUT2D eigenvalue weighted by atomic mass is 9.92. The first-order chi connectivity index (χ1) is 12.0. The van der Waals surface area contributed by atoms with Gasteiger partial charge in [0.2, 0.25) is 11.6 Å². The average molecular weight is 341 g/mol. The third kappa shape index (κ3) is 4.29. The molecular weight excluding hydrogens is 314 g/mol. The molecule has 5 nitrogen and oxygen atoms in total. The van der Waals surface area contributed by atoms with Crippen molar-refractivity contribution in [3.63, 3.8) is 0 Å².